The second-order valence-corrected chi connectivity index (χ2v) is 3.53. The van der Waals surface area contributed by atoms with Gasteiger partial charge in [-0.25, -0.2) is 14.6 Å². The zero-order chi connectivity index (χ0) is 11.7. The minimum absolute atomic E-state index is 0.766. The van der Waals surface area contributed by atoms with Crippen LogP contribution in [0.25, 0.3) is 16.7 Å². The van der Waals surface area contributed by atoms with Crippen LogP contribution < -0.4 is 4.74 Å². The number of benzene rings is 1. The van der Waals surface area contributed by atoms with Crippen molar-refractivity contribution in [1.82, 2.24) is 19.7 Å². The standard InChI is InChI=1S/C12H10N4O/c1-17-9-3-4-10-11(7-9)13-8-14-12(10)16-6-2-5-15-16/h2-8H,1H3. The topological polar surface area (TPSA) is 52.8 Å². The smallest absolute Gasteiger partial charge is 0.164 e. The third-order valence-corrected chi connectivity index (χ3v) is 2.54. The number of hydrogen-bond acceptors (Lipinski definition) is 4. The summed E-state index contributed by atoms with van der Waals surface area (Å²) in [6.07, 6.45) is 5.10. The molecular formula is C12H10N4O. The van der Waals surface area contributed by atoms with E-state index in [1.165, 1.54) is 6.33 Å². The van der Waals surface area contributed by atoms with Crippen molar-refractivity contribution in [1.29, 1.82) is 0 Å². The number of aromatic nitrogens is 4. The predicted molar refractivity (Wildman–Crippen MR) is 63.2 cm³/mol. The first-order valence-electron chi connectivity index (χ1n) is 5.17. The molecule has 5 nitrogen and oxygen atoms in total. The van der Waals surface area contributed by atoms with Crippen LogP contribution in [-0.2, 0) is 0 Å². The Kier molecular flexibility index (Phi) is 2.22. The van der Waals surface area contributed by atoms with Crippen molar-refractivity contribution in [2.24, 2.45) is 0 Å². The van der Waals surface area contributed by atoms with Crippen molar-refractivity contribution in [3.63, 3.8) is 0 Å². The molecule has 0 unspecified atom stereocenters. The van der Waals surface area contributed by atoms with Crippen molar-refractivity contribution >= 4 is 10.9 Å². The first-order chi connectivity index (χ1) is 8.38. The van der Waals surface area contributed by atoms with Gasteiger partial charge >= 0.3 is 0 Å². The third kappa shape index (κ3) is 1.61. The molecule has 0 saturated carbocycles. The van der Waals surface area contributed by atoms with Gasteiger partial charge in [-0.2, -0.15) is 5.10 Å². The van der Waals surface area contributed by atoms with Gasteiger partial charge in [0.05, 0.1) is 12.6 Å². The zero-order valence-electron chi connectivity index (χ0n) is 9.24. The Labute approximate surface area is 97.7 Å². The highest BCUT2D eigenvalue weighted by molar-refractivity contribution is 5.86. The zero-order valence-corrected chi connectivity index (χ0v) is 9.24. The van der Waals surface area contributed by atoms with Crippen molar-refractivity contribution in [3.8, 4) is 11.6 Å². The molecule has 84 valence electrons. The summed E-state index contributed by atoms with van der Waals surface area (Å²) in [7, 11) is 1.64. The molecule has 3 rings (SSSR count). The Morgan fingerprint density at radius 3 is 2.94 bits per heavy atom. The lowest BCUT2D eigenvalue weighted by Gasteiger charge is -2.06. The molecule has 0 amide bonds. The molecule has 0 aliphatic rings. The monoisotopic (exact) mass is 226 g/mol. The van der Waals surface area contributed by atoms with Crippen LogP contribution in [0.3, 0.4) is 0 Å². The van der Waals surface area contributed by atoms with E-state index in [4.69, 9.17) is 4.74 Å². The number of methoxy groups -OCH3 is 1. The maximum absolute atomic E-state index is 5.17. The lowest BCUT2D eigenvalue weighted by atomic mass is 10.2. The fourth-order valence-electron chi connectivity index (χ4n) is 1.73. The van der Waals surface area contributed by atoms with Crippen LogP contribution in [-0.4, -0.2) is 26.9 Å². The molecule has 2 aromatic heterocycles. The molecule has 1 aromatic carbocycles. The van der Waals surface area contributed by atoms with E-state index in [1.54, 1.807) is 18.0 Å². The molecule has 0 bridgehead atoms. The molecule has 0 aliphatic carbocycles. The summed E-state index contributed by atoms with van der Waals surface area (Å²) in [5, 5.41) is 5.12. The van der Waals surface area contributed by atoms with E-state index in [1.807, 2.05) is 30.5 Å². The fraction of sp³-hybridized carbons (Fsp3) is 0.0833. The molecule has 0 fully saturated rings. The van der Waals surface area contributed by atoms with Gasteiger partial charge in [0, 0.05) is 23.8 Å². The molecule has 0 radical (unpaired) electrons. The third-order valence-electron chi connectivity index (χ3n) is 2.54. The van der Waals surface area contributed by atoms with Crippen molar-refractivity contribution in [2.45, 2.75) is 0 Å². The second kappa shape index (κ2) is 3.86. The summed E-state index contributed by atoms with van der Waals surface area (Å²) < 4.78 is 6.89. The SMILES string of the molecule is COc1ccc2c(-n3cccn3)ncnc2c1. The van der Waals surface area contributed by atoms with E-state index < -0.39 is 0 Å². The summed E-state index contributed by atoms with van der Waals surface area (Å²) in [6.45, 7) is 0. The molecule has 0 saturated heterocycles. The summed E-state index contributed by atoms with van der Waals surface area (Å²) >= 11 is 0. The van der Waals surface area contributed by atoms with E-state index in [-0.39, 0.29) is 0 Å². The lowest BCUT2D eigenvalue weighted by Crippen LogP contribution is -2.00. The molecule has 5 heteroatoms. The van der Waals surface area contributed by atoms with E-state index in [0.29, 0.717) is 0 Å². The highest BCUT2D eigenvalue weighted by atomic mass is 16.5. The van der Waals surface area contributed by atoms with Crippen LogP contribution in [0.2, 0.25) is 0 Å². The number of ether oxygens (including phenoxy) is 1. The fourth-order valence-corrected chi connectivity index (χ4v) is 1.73. The van der Waals surface area contributed by atoms with Crippen LogP contribution in [0.5, 0.6) is 5.75 Å². The molecule has 2 heterocycles. The number of nitrogens with zero attached hydrogens (tertiary/aromatic N) is 4. The molecule has 0 spiro atoms. The first-order valence-corrected chi connectivity index (χ1v) is 5.17. The van der Waals surface area contributed by atoms with E-state index in [9.17, 15) is 0 Å². The Bertz CT molecular complexity index is 649. The normalized spacial score (nSPS) is 10.6. The van der Waals surface area contributed by atoms with Gasteiger partial charge in [-0.05, 0) is 18.2 Å². The summed E-state index contributed by atoms with van der Waals surface area (Å²) in [4.78, 5) is 8.48. The van der Waals surface area contributed by atoms with Gasteiger partial charge in [-0.3, -0.25) is 0 Å². The number of fused-ring (bicyclic) bond motifs is 1. The quantitative estimate of drug-likeness (QED) is 0.668. The summed E-state index contributed by atoms with van der Waals surface area (Å²) in [6, 6.07) is 7.56. The summed E-state index contributed by atoms with van der Waals surface area (Å²) in [5.41, 5.74) is 0.838. The number of hydrogen-bond donors (Lipinski definition) is 0. The van der Waals surface area contributed by atoms with Gasteiger partial charge in [0.25, 0.3) is 0 Å². The van der Waals surface area contributed by atoms with Crippen LogP contribution in [0, 0.1) is 0 Å². The average molecular weight is 226 g/mol. The Morgan fingerprint density at radius 1 is 1.24 bits per heavy atom. The van der Waals surface area contributed by atoms with Crippen molar-refractivity contribution in [2.75, 3.05) is 7.11 Å². The second-order valence-electron chi connectivity index (χ2n) is 3.53. The van der Waals surface area contributed by atoms with Gasteiger partial charge < -0.3 is 4.74 Å². The molecule has 17 heavy (non-hydrogen) atoms. The molecule has 0 aliphatic heterocycles. The average Bonchev–Trinajstić information content (AvgIpc) is 2.91. The highest BCUT2D eigenvalue weighted by Crippen LogP contribution is 2.22. The maximum Gasteiger partial charge on any atom is 0.164 e. The highest BCUT2D eigenvalue weighted by Gasteiger charge is 2.06. The van der Waals surface area contributed by atoms with Gasteiger partial charge in [-0.15, -0.1) is 0 Å². The minimum atomic E-state index is 0.766. The number of rotatable bonds is 2. The first kappa shape index (κ1) is 9.77. The van der Waals surface area contributed by atoms with Gasteiger partial charge in [0.15, 0.2) is 5.82 Å². The largest absolute Gasteiger partial charge is 0.497 e. The Morgan fingerprint density at radius 2 is 2.18 bits per heavy atom. The van der Waals surface area contributed by atoms with Crippen LogP contribution >= 0.6 is 0 Å². The minimum Gasteiger partial charge on any atom is -0.497 e. The van der Waals surface area contributed by atoms with E-state index in [0.717, 1.165) is 22.5 Å². The van der Waals surface area contributed by atoms with Gasteiger partial charge in [0.1, 0.15) is 12.1 Å². The molecule has 0 atom stereocenters. The van der Waals surface area contributed by atoms with Gasteiger partial charge in [0.2, 0.25) is 0 Å². The molecular weight excluding hydrogens is 216 g/mol. The lowest BCUT2D eigenvalue weighted by molar-refractivity contribution is 0.415. The van der Waals surface area contributed by atoms with Crippen LogP contribution in [0.4, 0.5) is 0 Å². The molecule has 0 N–H and O–H groups in total. The van der Waals surface area contributed by atoms with E-state index >= 15 is 0 Å². The van der Waals surface area contributed by atoms with E-state index in [2.05, 4.69) is 15.1 Å². The molecule has 3 aromatic rings. The van der Waals surface area contributed by atoms with Crippen molar-refractivity contribution in [3.05, 3.63) is 43.0 Å². The Balaban J connectivity index is 2.27. The van der Waals surface area contributed by atoms with Crippen LogP contribution in [0.15, 0.2) is 43.0 Å². The van der Waals surface area contributed by atoms with Gasteiger partial charge in [-0.1, -0.05) is 0 Å². The van der Waals surface area contributed by atoms with Crippen LogP contribution in [0.1, 0.15) is 0 Å². The predicted octanol–water partition coefficient (Wildman–Crippen LogP) is 1.82. The summed E-state index contributed by atoms with van der Waals surface area (Å²) in [5.74, 6) is 1.55. The maximum atomic E-state index is 5.17. The Hall–Kier alpha value is -2.43. The van der Waals surface area contributed by atoms with Crippen molar-refractivity contribution < 1.29 is 4.74 Å².